The minimum absolute atomic E-state index is 0.442. The van der Waals surface area contributed by atoms with Crippen LogP contribution < -0.4 is 0 Å². The molecule has 0 heterocycles. The highest BCUT2D eigenvalue weighted by molar-refractivity contribution is 6.17. The number of halogens is 1. The van der Waals surface area contributed by atoms with Gasteiger partial charge in [0.1, 0.15) is 0 Å². The highest BCUT2D eigenvalue weighted by atomic mass is 35.5. The standard InChI is InChI=1S/C11H21ClO/c1-9-6-10(13-5-4-12)8-11(2,3)7-9/h9-10H,4-8H2,1-3H3. The van der Waals surface area contributed by atoms with Crippen LogP contribution in [0.25, 0.3) is 0 Å². The molecule has 0 aromatic heterocycles. The van der Waals surface area contributed by atoms with E-state index in [1.807, 2.05) is 0 Å². The van der Waals surface area contributed by atoms with Gasteiger partial charge in [0.05, 0.1) is 12.7 Å². The highest BCUT2D eigenvalue weighted by Crippen LogP contribution is 2.39. The van der Waals surface area contributed by atoms with Crippen LogP contribution in [0.2, 0.25) is 0 Å². The van der Waals surface area contributed by atoms with Gasteiger partial charge in [-0.1, -0.05) is 20.8 Å². The van der Waals surface area contributed by atoms with Crippen molar-refractivity contribution in [3.8, 4) is 0 Å². The van der Waals surface area contributed by atoms with Gasteiger partial charge in [-0.25, -0.2) is 0 Å². The molecular formula is C11H21ClO. The number of alkyl halides is 1. The lowest BCUT2D eigenvalue weighted by Gasteiger charge is -2.38. The van der Waals surface area contributed by atoms with E-state index in [1.54, 1.807) is 0 Å². The monoisotopic (exact) mass is 204 g/mol. The first kappa shape index (κ1) is 11.3. The summed E-state index contributed by atoms with van der Waals surface area (Å²) in [6.07, 6.45) is 4.17. The normalized spacial score (nSPS) is 33.2. The molecule has 1 aliphatic rings. The molecule has 0 amide bonds. The van der Waals surface area contributed by atoms with Gasteiger partial charge in [-0.15, -0.1) is 11.6 Å². The van der Waals surface area contributed by atoms with Gasteiger partial charge in [-0.3, -0.25) is 0 Å². The lowest BCUT2D eigenvalue weighted by atomic mass is 9.71. The van der Waals surface area contributed by atoms with Gasteiger partial charge in [-0.2, -0.15) is 0 Å². The van der Waals surface area contributed by atoms with Crippen molar-refractivity contribution in [2.75, 3.05) is 12.5 Å². The van der Waals surface area contributed by atoms with Gasteiger partial charge in [0.25, 0.3) is 0 Å². The van der Waals surface area contributed by atoms with Crippen LogP contribution in [0.15, 0.2) is 0 Å². The molecule has 1 nitrogen and oxygen atoms in total. The Labute approximate surface area is 86.8 Å². The molecule has 2 unspecified atom stereocenters. The first-order valence-electron chi connectivity index (χ1n) is 5.21. The predicted octanol–water partition coefficient (Wildman–Crippen LogP) is 3.46. The van der Waals surface area contributed by atoms with Gasteiger partial charge in [0.2, 0.25) is 0 Å². The number of hydrogen-bond acceptors (Lipinski definition) is 1. The third-order valence-electron chi connectivity index (χ3n) is 2.78. The molecule has 78 valence electrons. The van der Waals surface area contributed by atoms with Gasteiger partial charge in [0, 0.05) is 5.88 Å². The van der Waals surface area contributed by atoms with E-state index in [4.69, 9.17) is 16.3 Å². The maximum atomic E-state index is 5.71. The van der Waals surface area contributed by atoms with E-state index in [2.05, 4.69) is 20.8 Å². The quantitative estimate of drug-likeness (QED) is 0.640. The predicted molar refractivity (Wildman–Crippen MR) is 57.3 cm³/mol. The molecule has 0 spiro atoms. The van der Waals surface area contributed by atoms with E-state index in [9.17, 15) is 0 Å². The summed E-state index contributed by atoms with van der Waals surface area (Å²) >= 11 is 5.60. The van der Waals surface area contributed by atoms with Gasteiger partial charge >= 0.3 is 0 Å². The molecule has 2 heteroatoms. The van der Waals surface area contributed by atoms with Crippen LogP contribution in [0, 0.1) is 11.3 Å². The zero-order valence-electron chi connectivity index (χ0n) is 8.98. The van der Waals surface area contributed by atoms with E-state index < -0.39 is 0 Å². The van der Waals surface area contributed by atoms with Crippen LogP contribution in [-0.4, -0.2) is 18.6 Å². The molecule has 1 rings (SSSR count). The molecular weight excluding hydrogens is 184 g/mol. The summed E-state index contributed by atoms with van der Waals surface area (Å²) < 4.78 is 5.71. The van der Waals surface area contributed by atoms with Crippen molar-refractivity contribution in [3.63, 3.8) is 0 Å². The molecule has 0 radical (unpaired) electrons. The molecule has 0 aromatic carbocycles. The fourth-order valence-electron chi connectivity index (χ4n) is 2.60. The second-order valence-electron chi connectivity index (χ2n) is 5.10. The zero-order chi connectivity index (χ0) is 9.90. The third-order valence-corrected chi connectivity index (χ3v) is 2.93. The summed E-state index contributed by atoms with van der Waals surface area (Å²) in [7, 11) is 0. The second kappa shape index (κ2) is 4.65. The maximum Gasteiger partial charge on any atom is 0.0605 e. The highest BCUT2D eigenvalue weighted by Gasteiger charge is 2.32. The summed E-state index contributed by atoms with van der Waals surface area (Å²) in [5, 5.41) is 0. The van der Waals surface area contributed by atoms with Crippen molar-refractivity contribution < 1.29 is 4.74 Å². The lowest BCUT2D eigenvalue weighted by molar-refractivity contribution is -0.0164. The fraction of sp³-hybridized carbons (Fsp3) is 1.00. The van der Waals surface area contributed by atoms with Crippen LogP contribution in [0.4, 0.5) is 0 Å². The molecule has 1 aliphatic carbocycles. The Morgan fingerprint density at radius 1 is 1.38 bits per heavy atom. The summed E-state index contributed by atoms with van der Waals surface area (Å²) in [4.78, 5) is 0. The van der Waals surface area contributed by atoms with Crippen LogP contribution in [0.1, 0.15) is 40.0 Å². The average molecular weight is 205 g/mol. The van der Waals surface area contributed by atoms with Crippen molar-refractivity contribution in [2.45, 2.75) is 46.1 Å². The molecule has 2 atom stereocenters. The van der Waals surface area contributed by atoms with Crippen molar-refractivity contribution in [2.24, 2.45) is 11.3 Å². The number of hydrogen-bond donors (Lipinski definition) is 0. The maximum absolute atomic E-state index is 5.71. The van der Waals surface area contributed by atoms with Gasteiger partial charge in [0.15, 0.2) is 0 Å². The Bertz CT molecular complexity index is 156. The SMILES string of the molecule is CC1CC(OCCCl)CC(C)(C)C1. The van der Waals surface area contributed by atoms with Crippen LogP contribution in [0.5, 0.6) is 0 Å². The minimum atomic E-state index is 0.442. The Kier molecular flexibility index (Phi) is 4.06. The Hall–Kier alpha value is 0.250. The lowest BCUT2D eigenvalue weighted by Crippen LogP contribution is -2.32. The van der Waals surface area contributed by atoms with E-state index >= 15 is 0 Å². The third kappa shape index (κ3) is 3.86. The molecule has 1 fully saturated rings. The molecule has 0 N–H and O–H groups in total. The molecule has 0 aliphatic heterocycles. The Morgan fingerprint density at radius 3 is 2.62 bits per heavy atom. The van der Waals surface area contributed by atoms with E-state index in [1.165, 1.54) is 19.3 Å². The topological polar surface area (TPSA) is 9.23 Å². The molecule has 13 heavy (non-hydrogen) atoms. The van der Waals surface area contributed by atoms with Gasteiger partial charge in [-0.05, 0) is 30.6 Å². The number of rotatable bonds is 3. The van der Waals surface area contributed by atoms with Crippen molar-refractivity contribution in [3.05, 3.63) is 0 Å². The molecule has 0 aromatic rings. The first-order valence-corrected chi connectivity index (χ1v) is 5.74. The molecule has 0 saturated heterocycles. The van der Waals surface area contributed by atoms with Crippen molar-refractivity contribution in [1.82, 2.24) is 0 Å². The smallest absolute Gasteiger partial charge is 0.0605 e. The van der Waals surface area contributed by atoms with Gasteiger partial charge < -0.3 is 4.74 Å². The summed E-state index contributed by atoms with van der Waals surface area (Å²) in [6, 6.07) is 0. The fourth-order valence-corrected chi connectivity index (χ4v) is 2.69. The van der Waals surface area contributed by atoms with Crippen molar-refractivity contribution >= 4 is 11.6 Å². The number of ether oxygens (including phenoxy) is 1. The Balaban J connectivity index is 2.38. The van der Waals surface area contributed by atoms with E-state index in [0.29, 0.717) is 24.0 Å². The first-order chi connectivity index (χ1) is 6.03. The van der Waals surface area contributed by atoms with Crippen molar-refractivity contribution in [1.29, 1.82) is 0 Å². The zero-order valence-corrected chi connectivity index (χ0v) is 9.73. The van der Waals surface area contributed by atoms with Crippen LogP contribution in [0.3, 0.4) is 0 Å². The van der Waals surface area contributed by atoms with Crippen LogP contribution in [-0.2, 0) is 4.74 Å². The molecule has 1 saturated carbocycles. The summed E-state index contributed by atoms with van der Waals surface area (Å²) in [6.45, 7) is 7.69. The van der Waals surface area contributed by atoms with Crippen LogP contribution >= 0.6 is 11.6 Å². The van der Waals surface area contributed by atoms with E-state index in [0.717, 1.165) is 5.92 Å². The minimum Gasteiger partial charge on any atom is -0.377 e. The summed E-state index contributed by atoms with van der Waals surface area (Å²) in [5.41, 5.74) is 0.453. The molecule has 0 bridgehead atoms. The second-order valence-corrected chi connectivity index (χ2v) is 5.47. The summed E-state index contributed by atoms with van der Waals surface area (Å²) in [5.74, 6) is 1.41. The average Bonchev–Trinajstić information content (AvgIpc) is 1.97. The van der Waals surface area contributed by atoms with E-state index in [-0.39, 0.29) is 0 Å². The Morgan fingerprint density at radius 2 is 2.08 bits per heavy atom. The largest absolute Gasteiger partial charge is 0.377 e.